The average Bonchev–Trinajstić information content (AvgIpc) is 2.83. The molecule has 96 valence electrons. The molecular formula is C15H15N3O. The van der Waals surface area contributed by atoms with E-state index >= 15 is 0 Å². The molecule has 0 spiro atoms. The van der Waals surface area contributed by atoms with Gasteiger partial charge in [-0.05, 0) is 31.2 Å². The Balaban J connectivity index is 1.97. The second-order valence-corrected chi connectivity index (χ2v) is 4.66. The number of hydrogen-bond acceptors (Lipinski definition) is 2. The Kier molecular flexibility index (Phi) is 2.91. The molecule has 1 aromatic carbocycles. The van der Waals surface area contributed by atoms with Crippen LogP contribution in [0.5, 0.6) is 0 Å². The van der Waals surface area contributed by atoms with Crippen molar-refractivity contribution in [1.29, 1.82) is 0 Å². The number of amides is 2. The summed E-state index contributed by atoms with van der Waals surface area (Å²) >= 11 is 0. The summed E-state index contributed by atoms with van der Waals surface area (Å²) in [6.07, 6.45) is 1.76. The molecule has 0 aliphatic carbocycles. The Bertz CT molecular complexity index is 580. The fourth-order valence-electron chi connectivity index (χ4n) is 2.31. The van der Waals surface area contributed by atoms with Crippen molar-refractivity contribution in [3.05, 3.63) is 59.9 Å². The summed E-state index contributed by atoms with van der Waals surface area (Å²) in [5.41, 5.74) is 2.98. The molecule has 1 fully saturated rings. The molecule has 0 bridgehead atoms. The van der Waals surface area contributed by atoms with Gasteiger partial charge in [-0.1, -0.05) is 23.8 Å². The van der Waals surface area contributed by atoms with Crippen LogP contribution in [0.1, 0.15) is 17.3 Å². The number of urea groups is 1. The van der Waals surface area contributed by atoms with Gasteiger partial charge in [0.2, 0.25) is 0 Å². The zero-order chi connectivity index (χ0) is 13.2. The Labute approximate surface area is 112 Å². The highest BCUT2D eigenvalue weighted by atomic mass is 16.2. The number of nitrogens with one attached hydrogen (secondary N) is 1. The number of aromatic nitrogens is 1. The topological polar surface area (TPSA) is 45.2 Å². The van der Waals surface area contributed by atoms with Crippen molar-refractivity contribution in [3.8, 4) is 0 Å². The van der Waals surface area contributed by atoms with Crippen molar-refractivity contribution in [2.75, 3.05) is 11.4 Å². The second kappa shape index (κ2) is 4.72. The third kappa shape index (κ3) is 2.17. The molecule has 3 rings (SSSR count). The monoisotopic (exact) mass is 253 g/mol. The Morgan fingerprint density at radius 1 is 1.21 bits per heavy atom. The van der Waals surface area contributed by atoms with Gasteiger partial charge < -0.3 is 5.32 Å². The number of benzene rings is 1. The quantitative estimate of drug-likeness (QED) is 0.894. The van der Waals surface area contributed by atoms with E-state index in [1.165, 1.54) is 5.56 Å². The van der Waals surface area contributed by atoms with E-state index < -0.39 is 0 Å². The smallest absolute Gasteiger partial charge is 0.322 e. The summed E-state index contributed by atoms with van der Waals surface area (Å²) in [6, 6.07) is 13.6. The molecule has 1 unspecified atom stereocenters. The van der Waals surface area contributed by atoms with Gasteiger partial charge in [-0.15, -0.1) is 0 Å². The lowest BCUT2D eigenvalue weighted by Gasteiger charge is -2.22. The molecule has 2 amide bonds. The predicted octanol–water partition coefficient (Wildman–Crippen LogP) is 2.66. The largest absolute Gasteiger partial charge is 0.335 e. The van der Waals surface area contributed by atoms with Crippen LogP contribution in [0.2, 0.25) is 0 Å². The minimum absolute atomic E-state index is 0.0450. The fraction of sp³-hybridized carbons (Fsp3) is 0.200. The maximum Gasteiger partial charge on any atom is 0.322 e. The summed E-state index contributed by atoms with van der Waals surface area (Å²) in [6.45, 7) is 2.62. The lowest BCUT2D eigenvalue weighted by Crippen LogP contribution is -2.29. The molecule has 1 atom stereocenters. The predicted molar refractivity (Wildman–Crippen MR) is 74.0 cm³/mol. The van der Waals surface area contributed by atoms with Crippen molar-refractivity contribution in [2.24, 2.45) is 0 Å². The molecule has 4 nitrogen and oxygen atoms in total. The summed E-state index contributed by atoms with van der Waals surface area (Å²) < 4.78 is 0. The van der Waals surface area contributed by atoms with Crippen LogP contribution in [0.25, 0.3) is 0 Å². The molecule has 1 aromatic heterocycles. The van der Waals surface area contributed by atoms with Gasteiger partial charge in [0.05, 0.1) is 11.7 Å². The first kappa shape index (κ1) is 11.7. The van der Waals surface area contributed by atoms with Crippen LogP contribution in [0.4, 0.5) is 10.5 Å². The highest BCUT2D eigenvalue weighted by Crippen LogP contribution is 2.29. The summed E-state index contributed by atoms with van der Waals surface area (Å²) in [4.78, 5) is 18.2. The summed E-state index contributed by atoms with van der Waals surface area (Å²) in [5.74, 6) is 0. The minimum atomic E-state index is -0.0699. The molecule has 4 heteroatoms. The van der Waals surface area contributed by atoms with Gasteiger partial charge in [-0.25, -0.2) is 4.79 Å². The number of rotatable bonds is 2. The highest BCUT2D eigenvalue weighted by molar-refractivity contribution is 5.95. The van der Waals surface area contributed by atoms with Crippen molar-refractivity contribution in [1.82, 2.24) is 10.3 Å². The first-order valence-electron chi connectivity index (χ1n) is 6.30. The lowest BCUT2D eigenvalue weighted by atomic mass is 10.1. The van der Waals surface area contributed by atoms with Crippen LogP contribution in [0.15, 0.2) is 48.7 Å². The first-order valence-corrected chi connectivity index (χ1v) is 6.30. The van der Waals surface area contributed by atoms with Crippen LogP contribution in [-0.4, -0.2) is 17.6 Å². The van der Waals surface area contributed by atoms with Crippen molar-refractivity contribution in [3.63, 3.8) is 0 Å². The van der Waals surface area contributed by atoms with E-state index in [1.54, 1.807) is 11.1 Å². The van der Waals surface area contributed by atoms with E-state index in [0.717, 1.165) is 11.4 Å². The zero-order valence-electron chi connectivity index (χ0n) is 10.7. The Hall–Kier alpha value is -2.36. The van der Waals surface area contributed by atoms with Crippen molar-refractivity contribution >= 4 is 11.7 Å². The molecule has 2 heterocycles. The average molecular weight is 253 g/mol. The SMILES string of the molecule is Cc1ccc(N2C(=O)NCC2c2ccccn2)cc1. The third-order valence-corrected chi connectivity index (χ3v) is 3.32. The number of nitrogens with zero attached hydrogens (tertiary/aromatic N) is 2. The molecule has 1 aliphatic heterocycles. The third-order valence-electron chi connectivity index (χ3n) is 3.32. The molecule has 0 saturated carbocycles. The van der Waals surface area contributed by atoms with E-state index in [4.69, 9.17) is 0 Å². The zero-order valence-corrected chi connectivity index (χ0v) is 10.7. The van der Waals surface area contributed by atoms with Gasteiger partial charge >= 0.3 is 6.03 Å². The van der Waals surface area contributed by atoms with Gasteiger partial charge in [0.25, 0.3) is 0 Å². The Morgan fingerprint density at radius 3 is 2.68 bits per heavy atom. The van der Waals surface area contributed by atoms with Crippen LogP contribution < -0.4 is 10.2 Å². The van der Waals surface area contributed by atoms with Gasteiger partial charge in [0.1, 0.15) is 0 Å². The van der Waals surface area contributed by atoms with Gasteiger partial charge in [-0.2, -0.15) is 0 Å². The molecule has 1 aliphatic rings. The standard InChI is InChI=1S/C15H15N3O/c1-11-5-7-12(8-6-11)18-14(10-17-15(18)19)13-4-2-3-9-16-13/h2-9,14H,10H2,1H3,(H,17,19). The van der Waals surface area contributed by atoms with E-state index in [9.17, 15) is 4.79 Å². The number of pyridine rings is 1. The van der Waals surface area contributed by atoms with Gasteiger partial charge in [0.15, 0.2) is 0 Å². The molecule has 2 aromatic rings. The minimum Gasteiger partial charge on any atom is -0.335 e. The van der Waals surface area contributed by atoms with Crippen LogP contribution in [0.3, 0.4) is 0 Å². The van der Waals surface area contributed by atoms with Crippen molar-refractivity contribution < 1.29 is 4.79 Å². The molecule has 0 radical (unpaired) electrons. The molecular weight excluding hydrogens is 238 g/mol. The van der Waals surface area contributed by atoms with E-state index in [1.807, 2.05) is 49.4 Å². The normalized spacial score (nSPS) is 18.5. The van der Waals surface area contributed by atoms with Gasteiger partial charge in [-0.3, -0.25) is 9.88 Å². The maximum atomic E-state index is 12.0. The summed E-state index contributed by atoms with van der Waals surface area (Å²) in [7, 11) is 0. The number of hydrogen-bond donors (Lipinski definition) is 1. The summed E-state index contributed by atoms with van der Waals surface area (Å²) in [5, 5.41) is 2.88. The first-order chi connectivity index (χ1) is 9.25. The van der Waals surface area contributed by atoms with Crippen LogP contribution in [-0.2, 0) is 0 Å². The lowest BCUT2D eigenvalue weighted by molar-refractivity contribution is 0.251. The van der Waals surface area contributed by atoms with E-state index in [0.29, 0.717) is 6.54 Å². The van der Waals surface area contributed by atoms with Gasteiger partial charge in [0, 0.05) is 18.4 Å². The number of aryl methyl sites for hydroxylation is 1. The van der Waals surface area contributed by atoms with Crippen molar-refractivity contribution in [2.45, 2.75) is 13.0 Å². The maximum absolute atomic E-state index is 12.0. The molecule has 1 N–H and O–H groups in total. The molecule has 19 heavy (non-hydrogen) atoms. The number of carbonyl (C=O) groups is 1. The van der Waals surface area contributed by atoms with E-state index in [-0.39, 0.29) is 12.1 Å². The second-order valence-electron chi connectivity index (χ2n) is 4.66. The number of carbonyl (C=O) groups excluding carboxylic acids is 1. The van der Waals surface area contributed by atoms with E-state index in [2.05, 4.69) is 10.3 Å². The highest BCUT2D eigenvalue weighted by Gasteiger charge is 2.33. The van der Waals surface area contributed by atoms with Crippen LogP contribution in [0, 0.1) is 6.92 Å². The fourth-order valence-corrected chi connectivity index (χ4v) is 2.31. The van der Waals surface area contributed by atoms with Crippen LogP contribution >= 0.6 is 0 Å². The molecule has 1 saturated heterocycles. The Morgan fingerprint density at radius 2 is 2.00 bits per heavy atom. The number of anilines is 1.